The van der Waals surface area contributed by atoms with E-state index in [-0.39, 0.29) is 6.42 Å². The Morgan fingerprint density at radius 2 is 1.04 bits per heavy atom. The molecule has 0 bridgehead atoms. The van der Waals surface area contributed by atoms with Gasteiger partial charge < -0.3 is 8.85 Å². The van der Waals surface area contributed by atoms with Crippen LogP contribution in [-0.2, 0) is 15.3 Å². The average Bonchev–Trinajstić information content (AvgIpc) is 2.63. The zero-order chi connectivity index (χ0) is 20.4. The van der Waals surface area contributed by atoms with Crippen LogP contribution in [0.2, 0.25) is 12.6 Å². The largest absolute Gasteiger partial charge is 0.395 e. The van der Waals surface area contributed by atoms with Crippen molar-refractivity contribution in [3.8, 4) is 0 Å². The molecule has 0 aliphatic rings. The molecule has 1 aromatic rings. The van der Waals surface area contributed by atoms with Crippen LogP contribution in [0.3, 0.4) is 0 Å². The second kappa shape index (κ2) is 11.8. The number of halogens is 5. The molecule has 0 saturated heterocycles. The highest BCUT2D eigenvalue weighted by molar-refractivity contribution is 6.66. The summed E-state index contributed by atoms with van der Waals surface area (Å²) in [5.74, 6) is -9.30. The minimum absolute atomic E-state index is 0.161. The van der Waals surface area contributed by atoms with Crippen LogP contribution in [0.5, 0.6) is 0 Å². The lowest BCUT2D eigenvalue weighted by Gasteiger charge is -2.25. The third-order valence-electron chi connectivity index (χ3n) is 4.51. The molecule has 0 aliphatic carbocycles. The SMILES string of the molecule is CCO[Si](C)(CCCCCCCCc1c(F)c(F)c(F)c(F)c1F)OCC. The number of rotatable bonds is 13. The summed E-state index contributed by atoms with van der Waals surface area (Å²) in [6, 6.07) is 0.916. The van der Waals surface area contributed by atoms with Gasteiger partial charge in [-0.05, 0) is 39.3 Å². The number of hydrogen-bond donors (Lipinski definition) is 0. The zero-order valence-corrected chi connectivity index (χ0v) is 17.3. The van der Waals surface area contributed by atoms with E-state index in [1.807, 2.05) is 13.8 Å². The summed E-state index contributed by atoms with van der Waals surface area (Å²) in [6.07, 6.45) is 4.65. The molecule has 8 heteroatoms. The third kappa shape index (κ3) is 7.16. The molecular weight excluding hydrogens is 383 g/mol. The van der Waals surface area contributed by atoms with E-state index in [1.54, 1.807) is 0 Å². The monoisotopic (exact) mass is 412 g/mol. The van der Waals surface area contributed by atoms with E-state index in [2.05, 4.69) is 6.55 Å². The van der Waals surface area contributed by atoms with Crippen molar-refractivity contribution in [1.29, 1.82) is 0 Å². The Kier molecular flexibility index (Phi) is 10.5. The highest BCUT2D eigenvalue weighted by atomic mass is 28.4. The van der Waals surface area contributed by atoms with Crippen molar-refractivity contribution < 1.29 is 30.8 Å². The molecule has 0 unspecified atom stereocenters. The Hall–Kier alpha value is -0.993. The van der Waals surface area contributed by atoms with Gasteiger partial charge in [0.15, 0.2) is 23.3 Å². The lowest BCUT2D eigenvalue weighted by atomic mass is 10.0. The average molecular weight is 413 g/mol. The standard InChI is InChI=1S/C19H29F5O2Si/c1-4-25-27(3,26-5-2)13-11-9-7-6-8-10-12-14-15(20)17(22)19(24)18(23)16(14)21/h4-13H2,1-3H3. The summed E-state index contributed by atoms with van der Waals surface area (Å²) in [5.41, 5.74) is -0.721. The van der Waals surface area contributed by atoms with E-state index in [1.165, 1.54) is 0 Å². The number of hydrogen-bond acceptors (Lipinski definition) is 2. The minimum atomic E-state index is -2.11. The molecule has 0 spiro atoms. The first-order valence-electron chi connectivity index (χ1n) is 9.55. The number of benzene rings is 1. The molecule has 0 aromatic heterocycles. The van der Waals surface area contributed by atoms with Crippen molar-refractivity contribution in [2.24, 2.45) is 0 Å². The first-order chi connectivity index (χ1) is 12.8. The van der Waals surface area contributed by atoms with Gasteiger partial charge in [0, 0.05) is 18.8 Å². The molecule has 2 nitrogen and oxygen atoms in total. The quantitative estimate of drug-likeness (QED) is 0.123. The normalized spacial score (nSPS) is 12.0. The number of unbranched alkanes of at least 4 members (excludes halogenated alkanes) is 5. The van der Waals surface area contributed by atoms with Crippen LogP contribution in [0.1, 0.15) is 57.9 Å². The summed E-state index contributed by atoms with van der Waals surface area (Å²) in [6.45, 7) is 7.24. The van der Waals surface area contributed by atoms with Crippen LogP contribution >= 0.6 is 0 Å². The molecule has 0 amide bonds. The lowest BCUT2D eigenvalue weighted by Crippen LogP contribution is -2.38. The van der Waals surface area contributed by atoms with Gasteiger partial charge in [-0.3, -0.25) is 0 Å². The molecule has 0 saturated carbocycles. The summed E-state index contributed by atoms with van der Waals surface area (Å²) in [7, 11) is -2.08. The summed E-state index contributed by atoms with van der Waals surface area (Å²) >= 11 is 0. The smallest absolute Gasteiger partial charge is 0.334 e. The van der Waals surface area contributed by atoms with Gasteiger partial charge >= 0.3 is 8.56 Å². The maximum absolute atomic E-state index is 13.6. The molecule has 156 valence electrons. The van der Waals surface area contributed by atoms with E-state index in [0.717, 1.165) is 31.7 Å². The summed E-state index contributed by atoms with van der Waals surface area (Å²) in [4.78, 5) is 0. The van der Waals surface area contributed by atoms with Crippen molar-refractivity contribution in [2.75, 3.05) is 13.2 Å². The van der Waals surface area contributed by atoms with Crippen molar-refractivity contribution in [3.63, 3.8) is 0 Å². The van der Waals surface area contributed by atoms with Crippen LogP contribution in [0.15, 0.2) is 0 Å². The topological polar surface area (TPSA) is 18.5 Å². The molecule has 27 heavy (non-hydrogen) atoms. The van der Waals surface area contributed by atoms with Crippen molar-refractivity contribution in [1.82, 2.24) is 0 Å². The molecule has 0 fully saturated rings. The first kappa shape index (κ1) is 24.0. The molecule has 0 N–H and O–H groups in total. The predicted octanol–water partition coefficient (Wildman–Crippen LogP) is 6.41. The zero-order valence-electron chi connectivity index (χ0n) is 16.3. The molecule has 0 aliphatic heterocycles. The first-order valence-corrected chi connectivity index (χ1v) is 12.1. The van der Waals surface area contributed by atoms with Gasteiger partial charge in [0.1, 0.15) is 0 Å². The molecule has 0 radical (unpaired) electrons. The fourth-order valence-corrected chi connectivity index (χ4v) is 5.61. The van der Waals surface area contributed by atoms with Gasteiger partial charge in [0.2, 0.25) is 5.82 Å². The van der Waals surface area contributed by atoms with Crippen LogP contribution in [-0.4, -0.2) is 21.8 Å². The van der Waals surface area contributed by atoms with Crippen LogP contribution in [0.4, 0.5) is 22.0 Å². The van der Waals surface area contributed by atoms with Crippen molar-refractivity contribution in [2.45, 2.75) is 71.4 Å². The van der Waals surface area contributed by atoms with Crippen molar-refractivity contribution in [3.05, 3.63) is 34.6 Å². The molecule has 0 atom stereocenters. The Balaban J connectivity index is 2.31. The fourth-order valence-electron chi connectivity index (χ4n) is 3.12. The van der Waals surface area contributed by atoms with Crippen molar-refractivity contribution >= 4 is 8.56 Å². The van der Waals surface area contributed by atoms with E-state index in [4.69, 9.17) is 8.85 Å². The molecule has 1 aromatic carbocycles. The van der Waals surface area contributed by atoms with Gasteiger partial charge in [-0.1, -0.05) is 32.1 Å². The van der Waals surface area contributed by atoms with Crippen LogP contribution in [0.25, 0.3) is 0 Å². The van der Waals surface area contributed by atoms with Crippen LogP contribution in [0, 0.1) is 29.1 Å². The predicted molar refractivity (Wildman–Crippen MR) is 97.3 cm³/mol. The van der Waals surface area contributed by atoms with E-state index < -0.39 is 43.2 Å². The summed E-state index contributed by atoms with van der Waals surface area (Å²) in [5, 5.41) is 0. The van der Waals surface area contributed by atoms with Crippen LogP contribution < -0.4 is 0 Å². The fraction of sp³-hybridized carbons (Fsp3) is 0.684. The Labute approximate surface area is 159 Å². The molecule has 1 rings (SSSR count). The second-order valence-corrected chi connectivity index (χ2v) is 10.0. The van der Waals surface area contributed by atoms with Gasteiger partial charge in [0.05, 0.1) is 0 Å². The van der Waals surface area contributed by atoms with E-state index >= 15 is 0 Å². The molecule has 0 heterocycles. The maximum Gasteiger partial charge on any atom is 0.334 e. The highest BCUT2D eigenvalue weighted by Crippen LogP contribution is 2.25. The summed E-state index contributed by atoms with van der Waals surface area (Å²) < 4.78 is 78.0. The Morgan fingerprint density at radius 3 is 1.52 bits per heavy atom. The Morgan fingerprint density at radius 1 is 0.630 bits per heavy atom. The van der Waals surface area contributed by atoms with E-state index in [9.17, 15) is 22.0 Å². The van der Waals surface area contributed by atoms with Gasteiger partial charge in [-0.15, -0.1) is 0 Å². The lowest BCUT2D eigenvalue weighted by molar-refractivity contribution is 0.188. The van der Waals surface area contributed by atoms with E-state index in [0.29, 0.717) is 26.1 Å². The second-order valence-electron chi connectivity index (χ2n) is 6.67. The van der Waals surface area contributed by atoms with Gasteiger partial charge in [0.25, 0.3) is 0 Å². The third-order valence-corrected chi connectivity index (χ3v) is 7.57. The van der Waals surface area contributed by atoms with Gasteiger partial charge in [-0.2, -0.15) is 0 Å². The highest BCUT2D eigenvalue weighted by Gasteiger charge is 2.29. The van der Waals surface area contributed by atoms with Gasteiger partial charge in [-0.25, -0.2) is 22.0 Å². The Bertz CT molecular complexity index is 563. The minimum Gasteiger partial charge on any atom is -0.395 e. The molecular formula is C19H29F5O2Si. The maximum atomic E-state index is 13.6.